The molecule has 4 rings (SSSR count). The van der Waals surface area contributed by atoms with E-state index in [4.69, 9.17) is 5.73 Å². The first-order chi connectivity index (χ1) is 15.7. The minimum absolute atomic E-state index is 0.0506. The summed E-state index contributed by atoms with van der Waals surface area (Å²) < 4.78 is 42.7. The molecule has 0 bridgehead atoms. The molecule has 170 valence electrons. The number of alkyl halides is 3. The lowest BCUT2D eigenvalue weighted by Gasteiger charge is -2.15. The summed E-state index contributed by atoms with van der Waals surface area (Å²) in [5, 5.41) is 3.49. The lowest BCUT2D eigenvalue weighted by atomic mass is 10.0. The number of nitrogens with one attached hydrogen (secondary N) is 1. The van der Waals surface area contributed by atoms with E-state index in [1.807, 2.05) is 12.1 Å². The number of aromatic nitrogens is 1. The number of pyridine rings is 1. The Morgan fingerprint density at radius 1 is 1.03 bits per heavy atom. The monoisotopic (exact) mass is 455 g/mol. The van der Waals surface area contributed by atoms with E-state index in [9.17, 15) is 22.8 Å². The third kappa shape index (κ3) is 5.04. The van der Waals surface area contributed by atoms with Gasteiger partial charge < -0.3 is 15.8 Å². The summed E-state index contributed by atoms with van der Waals surface area (Å²) in [6, 6.07) is 16.0. The largest absolute Gasteiger partial charge is 0.491 e. The summed E-state index contributed by atoms with van der Waals surface area (Å²) >= 11 is 0. The van der Waals surface area contributed by atoms with Crippen molar-refractivity contribution in [2.75, 3.05) is 0 Å². The van der Waals surface area contributed by atoms with E-state index in [2.05, 4.69) is 27.2 Å². The Balaban J connectivity index is 1.51. The van der Waals surface area contributed by atoms with Crippen LogP contribution in [0.15, 0.2) is 60.8 Å². The first-order valence-corrected chi connectivity index (χ1v) is 10.2. The first kappa shape index (κ1) is 22.5. The molecule has 0 saturated heterocycles. The average Bonchev–Trinajstić information content (AvgIpc) is 3.20. The Bertz CT molecular complexity index is 1170. The highest BCUT2D eigenvalue weighted by Crippen LogP contribution is 2.34. The van der Waals surface area contributed by atoms with Crippen LogP contribution in [-0.2, 0) is 24.2 Å². The predicted molar refractivity (Wildman–Crippen MR) is 114 cm³/mol. The summed E-state index contributed by atoms with van der Waals surface area (Å²) in [6.07, 6.45) is -1.77. The number of benzene rings is 2. The Morgan fingerprint density at radius 2 is 1.73 bits per heavy atom. The number of para-hydroxylation sites is 1. The van der Waals surface area contributed by atoms with Crippen LogP contribution in [0, 0.1) is 0 Å². The maximum Gasteiger partial charge on any atom is 0.491 e. The van der Waals surface area contributed by atoms with Crippen molar-refractivity contribution in [3.8, 4) is 17.0 Å². The molecule has 0 spiro atoms. The quantitative estimate of drug-likeness (QED) is 0.438. The topological polar surface area (TPSA) is 94.3 Å². The van der Waals surface area contributed by atoms with E-state index in [0.717, 1.165) is 18.4 Å². The van der Waals surface area contributed by atoms with Gasteiger partial charge in [0.2, 0.25) is 0 Å². The van der Waals surface area contributed by atoms with Crippen molar-refractivity contribution in [2.45, 2.75) is 31.6 Å². The lowest BCUT2D eigenvalue weighted by Crippen LogP contribution is -2.29. The van der Waals surface area contributed by atoms with E-state index in [1.165, 1.54) is 29.3 Å². The number of hydrogen-bond donors (Lipinski definition) is 2. The fraction of sp³-hybridized carbons (Fsp3) is 0.208. The molecule has 0 fully saturated rings. The zero-order valence-electron chi connectivity index (χ0n) is 17.4. The second-order valence-corrected chi connectivity index (χ2v) is 7.74. The average molecular weight is 455 g/mol. The van der Waals surface area contributed by atoms with E-state index < -0.39 is 23.8 Å². The standard InChI is InChI=1S/C24H20F3N3O3/c25-24(26,27)23(32)33-21-18(6-3-7-19(21)22(28)31)20-9-8-14(13-30-20)12-29-17-10-15-4-1-2-5-16(15)11-17/h1-9,13,17,29H,10-12H2,(H2,28,31). The number of amides is 1. The summed E-state index contributed by atoms with van der Waals surface area (Å²) in [5.74, 6) is -4.05. The van der Waals surface area contributed by atoms with Crippen LogP contribution in [-0.4, -0.2) is 29.1 Å². The van der Waals surface area contributed by atoms with Crippen molar-refractivity contribution in [1.29, 1.82) is 0 Å². The Hall–Kier alpha value is -3.72. The molecule has 9 heteroatoms. The molecule has 1 heterocycles. The number of primary amides is 1. The van der Waals surface area contributed by atoms with Crippen LogP contribution < -0.4 is 15.8 Å². The molecule has 0 unspecified atom stereocenters. The number of carbonyl (C=O) groups is 2. The number of fused-ring (bicyclic) bond motifs is 1. The molecule has 2 aromatic carbocycles. The van der Waals surface area contributed by atoms with Gasteiger partial charge in [-0.05, 0) is 47.7 Å². The highest BCUT2D eigenvalue weighted by Gasteiger charge is 2.42. The van der Waals surface area contributed by atoms with Crippen LogP contribution >= 0.6 is 0 Å². The number of carbonyl (C=O) groups excluding carboxylic acids is 2. The summed E-state index contributed by atoms with van der Waals surface area (Å²) in [4.78, 5) is 27.4. The normalized spacial score (nSPS) is 13.5. The van der Waals surface area contributed by atoms with E-state index in [-0.39, 0.29) is 16.8 Å². The van der Waals surface area contributed by atoms with Crippen LogP contribution in [0.5, 0.6) is 5.75 Å². The molecule has 0 aliphatic heterocycles. The minimum Gasteiger partial charge on any atom is -0.418 e. The van der Waals surface area contributed by atoms with Gasteiger partial charge in [0, 0.05) is 24.3 Å². The molecule has 1 aliphatic rings. The second-order valence-electron chi connectivity index (χ2n) is 7.74. The van der Waals surface area contributed by atoms with Crippen LogP contribution in [0.1, 0.15) is 27.0 Å². The zero-order valence-corrected chi connectivity index (χ0v) is 17.4. The molecule has 0 atom stereocenters. The molecule has 33 heavy (non-hydrogen) atoms. The molecular formula is C24H20F3N3O3. The van der Waals surface area contributed by atoms with Gasteiger partial charge in [0.05, 0.1) is 11.3 Å². The van der Waals surface area contributed by atoms with Gasteiger partial charge in [-0.3, -0.25) is 9.78 Å². The summed E-state index contributed by atoms with van der Waals surface area (Å²) in [5.41, 5.74) is 8.73. The zero-order chi connectivity index (χ0) is 23.6. The molecule has 0 saturated carbocycles. The van der Waals surface area contributed by atoms with Crippen molar-refractivity contribution >= 4 is 11.9 Å². The van der Waals surface area contributed by atoms with Gasteiger partial charge in [0.15, 0.2) is 5.75 Å². The SMILES string of the molecule is NC(=O)c1cccc(-c2ccc(CNC3Cc4ccccc4C3)cn2)c1OC(=O)C(F)(F)F. The maximum absolute atomic E-state index is 12.7. The fourth-order valence-electron chi connectivity index (χ4n) is 3.85. The number of ether oxygens (including phenoxy) is 1. The fourth-order valence-corrected chi connectivity index (χ4v) is 3.85. The third-order valence-electron chi connectivity index (χ3n) is 5.45. The highest BCUT2D eigenvalue weighted by atomic mass is 19.4. The van der Waals surface area contributed by atoms with Gasteiger partial charge in [-0.2, -0.15) is 13.2 Å². The Labute approximate surface area is 187 Å². The Morgan fingerprint density at radius 3 is 2.30 bits per heavy atom. The van der Waals surface area contributed by atoms with Gasteiger partial charge in [0.1, 0.15) is 0 Å². The van der Waals surface area contributed by atoms with Crippen molar-refractivity contribution in [1.82, 2.24) is 10.3 Å². The maximum atomic E-state index is 12.7. The van der Waals surface area contributed by atoms with Crippen molar-refractivity contribution in [3.63, 3.8) is 0 Å². The second kappa shape index (κ2) is 9.03. The molecule has 3 aromatic rings. The predicted octanol–water partition coefficient (Wildman–Crippen LogP) is 3.57. The molecule has 1 aromatic heterocycles. The molecular weight excluding hydrogens is 435 g/mol. The number of rotatable bonds is 6. The highest BCUT2D eigenvalue weighted by molar-refractivity contribution is 5.99. The number of nitrogens with zero attached hydrogens (tertiary/aromatic N) is 1. The molecule has 0 radical (unpaired) electrons. The van der Waals surface area contributed by atoms with Gasteiger partial charge in [-0.15, -0.1) is 0 Å². The van der Waals surface area contributed by atoms with Gasteiger partial charge >= 0.3 is 12.1 Å². The minimum atomic E-state index is -5.23. The van der Waals surface area contributed by atoms with Crippen LogP contribution in [0.25, 0.3) is 11.3 Å². The number of halogens is 3. The first-order valence-electron chi connectivity index (χ1n) is 10.2. The van der Waals surface area contributed by atoms with Crippen molar-refractivity contribution in [3.05, 3.63) is 83.0 Å². The lowest BCUT2D eigenvalue weighted by molar-refractivity contribution is -0.189. The third-order valence-corrected chi connectivity index (χ3v) is 5.45. The van der Waals surface area contributed by atoms with Crippen LogP contribution in [0.2, 0.25) is 0 Å². The van der Waals surface area contributed by atoms with Crippen molar-refractivity contribution in [2.24, 2.45) is 5.73 Å². The Kier molecular flexibility index (Phi) is 6.15. The smallest absolute Gasteiger partial charge is 0.418 e. The summed E-state index contributed by atoms with van der Waals surface area (Å²) in [6.45, 7) is 0.559. The van der Waals surface area contributed by atoms with Gasteiger partial charge in [0.25, 0.3) is 5.91 Å². The van der Waals surface area contributed by atoms with Gasteiger partial charge in [-0.1, -0.05) is 36.4 Å². The van der Waals surface area contributed by atoms with E-state index in [0.29, 0.717) is 12.6 Å². The molecule has 3 N–H and O–H groups in total. The van der Waals surface area contributed by atoms with E-state index >= 15 is 0 Å². The number of hydrogen-bond acceptors (Lipinski definition) is 5. The van der Waals surface area contributed by atoms with Crippen LogP contribution in [0.4, 0.5) is 13.2 Å². The van der Waals surface area contributed by atoms with Gasteiger partial charge in [-0.25, -0.2) is 4.79 Å². The van der Waals surface area contributed by atoms with Crippen molar-refractivity contribution < 1.29 is 27.5 Å². The van der Waals surface area contributed by atoms with E-state index in [1.54, 1.807) is 18.3 Å². The summed E-state index contributed by atoms with van der Waals surface area (Å²) in [7, 11) is 0. The molecule has 1 aliphatic carbocycles. The van der Waals surface area contributed by atoms with Crippen LogP contribution in [0.3, 0.4) is 0 Å². The number of esters is 1. The molecule has 1 amide bonds. The number of nitrogens with two attached hydrogens (primary N) is 1. The molecule has 6 nitrogen and oxygen atoms in total.